The highest BCUT2D eigenvalue weighted by molar-refractivity contribution is 5.92. The molecule has 1 saturated carbocycles. The summed E-state index contributed by atoms with van der Waals surface area (Å²) in [5, 5.41) is 12.6. The largest absolute Gasteiger partial charge is 0.478 e. The summed E-state index contributed by atoms with van der Waals surface area (Å²) in [6.07, 6.45) is 6.34. The molecule has 1 fully saturated rings. The molecule has 4 heteroatoms. The van der Waals surface area contributed by atoms with Crippen LogP contribution < -0.4 is 5.32 Å². The van der Waals surface area contributed by atoms with Crippen LogP contribution in [-0.4, -0.2) is 17.1 Å². The van der Waals surface area contributed by atoms with E-state index in [0.29, 0.717) is 17.3 Å². The van der Waals surface area contributed by atoms with Gasteiger partial charge in [0, 0.05) is 11.6 Å². The number of halogens is 1. The van der Waals surface area contributed by atoms with E-state index in [0.717, 1.165) is 51.8 Å². The van der Waals surface area contributed by atoms with Gasteiger partial charge in [0.05, 0.1) is 5.69 Å². The minimum absolute atomic E-state index is 0.228. The maximum absolute atomic E-state index is 14.9. The van der Waals surface area contributed by atoms with Crippen LogP contribution in [0.25, 0.3) is 17.2 Å². The molecule has 0 aromatic heterocycles. The lowest BCUT2D eigenvalue weighted by Gasteiger charge is -2.20. The molecule has 0 bridgehead atoms. The molecule has 2 N–H and O–H groups in total. The number of aliphatic carboxylic acids is 1. The Kier molecular flexibility index (Phi) is 6.11. The Morgan fingerprint density at radius 1 is 1.07 bits per heavy atom. The molecule has 2 aromatic rings. The molecule has 0 aliphatic heterocycles. The van der Waals surface area contributed by atoms with Gasteiger partial charge in [-0.1, -0.05) is 18.9 Å². The zero-order valence-corrected chi connectivity index (χ0v) is 17.9. The van der Waals surface area contributed by atoms with E-state index < -0.39 is 5.97 Å². The van der Waals surface area contributed by atoms with E-state index in [1.165, 1.54) is 12.8 Å². The van der Waals surface area contributed by atoms with E-state index in [1.54, 1.807) is 19.1 Å². The third-order valence-corrected chi connectivity index (χ3v) is 6.35. The summed E-state index contributed by atoms with van der Waals surface area (Å²) >= 11 is 0. The lowest BCUT2D eigenvalue weighted by molar-refractivity contribution is -0.132. The molecule has 0 unspecified atom stereocenters. The average molecular weight is 396 g/mol. The third kappa shape index (κ3) is 4.21. The first-order valence-electron chi connectivity index (χ1n) is 10.3. The molecule has 3 nitrogen and oxygen atoms in total. The van der Waals surface area contributed by atoms with Crippen LogP contribution in [0.5, 0.6) is 0 Å². The highest BCUT2D eigenvalue weighted by atomic mass is 19.1. The van der Waals surface area contributed by atoms with Crippen molar-refractivity contribution in [1.82, 2.24) is 0 Å². The second kappa shape index (κ2) is 8.40. The van der Waals surface area contributed by atoms with Gasteiger partial charge in [-0.05, 0) is 105 Å². The van der Waals surface area contributed by atoms with E-state index in [4.69, 9.17) is 0 Å². The van der Waals surface area contributed by atoms with Gasteiger partial charge in [0.2, 0.25) is 0 Å². The first kappa shape index (κ1) is 21.1. The molecule has 0 saturated heterocycles. The van der Waals surface area contributed by atoms with Gasteiger partial charge in [0.25, 0.3) is 0 Å². The first-order valence-corrected chi connectivity index (χ1v) is 10.3. The lowest BCUT2D eigenvalue weighted by Crippen LogP contribution is -2.15. The Morgan fingerprint density at radius 2 is 1.66 bits per heavy atom. The summed E-state index contributed by atoms with van der Waals surface area (Å²) in [6, 6.07) is 5.80. The van der Waals surface area contributed by atoms with E-state index in [1.807, 2.05) is 39.8 Å². The molecule has 1 aliphatic rings. The van der Waals surface area contributed by atoms with Crippen molar-refractivity contribution >= 4 is 17.7 Å². The average Bonchev–Trinajstić information content (AvgIpc) is 3.18. The fourth-order valence-corrected chi connectivity index (χ4v) is 4.35. The number of hydrogen-bond acceptors (Lipinski definition) is 2. The highest BCUT2D eigenvalue weighted by Gasteiger charge is 2.19. The van der Waals surface area contributed by atoms with Crippen LogP contribution in [0.2, 0.25) is 0 Å². The zero-order valence-electron chi connectivity index (χ0n) is 17.9. The van der Waals surface area contributed by atoms with Gasteiger partial charge < -0.3 is 10.4 Å². The molecule has 0 spiro atoms. The van der Waals surface area contributed by atoms with Crippen molar-refractivity contribution in [2.24, 2.45) is 0 Å². The quantitative estimate of drug-likeness (QED) is 0.563. The molecule has 0 radical (unpaired) electrons. The summed E-state index contributed by atoms with van der Waals surface area (Å²) < 4.78 is 14.9. The summed E-state index contributed by atoms with van der Waals surface area (Å²) in [5.41, 5.74) is 7.83. The van der Waals surface area contributed by atoms with E-state index in [2.05, 4.69) is 5.32 Å². The summed E-state index contributed by atoms with van der Waals surface area (Å²) in [6.45, 7) is 9.64. The fourth-order valence-electron chi connectivity index (χ4n) is 4.35. The smallest absolute Gasteiger partial charge is 0.331 e. The molecule has 2 aromatic carbocycles. The van der Waals surface area contributed by atoms with Crippen molar-refractivity contribution in [2.45, 2.75) is 66.3 Å². The van der Waals surface area contributed by atoms with Gasteiger partial charge in [0.15, 0.2) is 0 Å². The number of rotatable bonds is 5. The molecule has 1 aliphatic carbocycles. The molecule has 3 rings (SSSR count). The first-order chi connectivity index (χ1) is 13.7. The normalized spacial score (nSPS) is 15.0. The minimum Gasteiger partial charge on any atom is -0.478 e. The number of benzene rings is 2. The summed E-state index contributed by atoms with van der Waals surface area (Å²) in [7, 11) is 0. The van der Waals surface area contributed by atoms with Gasteiger partial charge in [-0.25, -0.2) is 9.18 Å². The maximum atomic E-state index is 14.9. The molecule has 154 valence electrons. The summed E-state index contributed by atoms with van der Waals surface area (Å²) in [5.74, 6) is -1.15. The van der Waals surface area contributed by atoms with Crippen LogP contribution in [0.4, 0.5) is 10.1 Å². The predicted molar refractivity (Wildman–Crippen MR) is 118 cm³/mol. The number of carbonyl (C=O) groups is 1. The van der Waals surface area contributed by atoms with Crippen LogP contribution in [0, 0.1) is 33.5 Å². The van der Waals surface area contributed by atoms with Crippen LogP contribution in [-0.2, 0) is 4.79 Å². The molecule has 0 amide bonds. The Bertz CT molecular complexity index is 956. The Hall–Kier alpha value is -2.62. The standard InChI is InChI=1S/C25H30FNO2/c1-14(25(28)29)12-21-15(2)17(4)24(18(5)16(21)3)19-10-11-23(22(26)13-19)27-20-8-6-7-9-20/h10-13,20,27H,6-9H2,1-5H3,(H,28,29). The lowest BCUT2D eigenvalue weighted by atomic mass is 9.85. The number of carboxylic acids is 1. The van der Waals surface area contributed by atoms with E-state index in [9.17, 15) is 14.3 Å². The minimum atomic E-state index is -0.921. The topological polar surface area (TPSA) is 49.3 Å². The number of carboxylic acid groups (broad SMARTS) is 1. The van der Waals surface area contributed by atoms with E-state index >= 15 is 0 Å². The Balaban J connectivity index is 2.04. The third-order valence-electron chi connectivity index (χ3n) is 6.35. The van der Waals surface area contributed by atoms with Crippen molar-refractivity contribution in [1.29, 1.82) is 0 Å². The number of nitrogens with one attached hydrogen (secondary N) is 1. The van der Waals surface area contributed by atoms with Gasteiger partial charge in [-0.3, -0.25) is 0 Å². The van der Waals surface area contributed by atoms with Gasteiger partial charge in [-0.15, -0.1) is 0 Å². The van der Waals surface area contributed by atoms with Crippen LogP contribution in [0.15, 0.2) is 23.8 Å². The molecular formula is C25H30FNO2. The molecular weight excluding hydrogens is 365 g/mol. The molecule has 0 atom stereocenters. The Morgan fingerprint density at radius 3 is 2.17 bits per heavy atom. The SMILES string of the molecule is CC(=Cc1c(C)c(C)c(-c2ccc(NC3CCCC3)c(F)c2)c(C)c1C)C(=O)O. The second-order valence-corrected chi connectivity index (χ2v) is 8.24. The fraction of sp³-hybridized carbons (Fsp3) is 0.400. The Labute approximate surface area is 172 Å². The van der Waals surface area contributed by atoms with Gasteiger partial charge in [-0.2, -0.15) is 0 Å². The van der Waals surface area contributed by atoms with Gasteiger partial charge >= 0.3 is 5.97 Å². The number of hydrogen-bond donors (Lipinski definition) is 2. The highest BCUT2D eigenvalue weighted by Crippen LogP contribution is 2.36. The van der Waals surface area contributed by atoms with Crippen molar-refractivity contribution in [3.05, 3.63) is 57.4 Å². The van der Waals surface area contributed by atoms with Crippen molar-refractivity contribution in [3.8, 4) is 11.1 Å². The van der Waals surface area contributed by atoms with Crippen LogP contribution >= 0.6 is 0 Å². The maximum Gasteiger partial charge on any atom is 0.331 e. The summed E-state index contributed by atoms with van der Waals surface area (Å²) in [4.78, 5) is 11.3. The zero-order chi connectivity index (χ0) is 21.3. The van der Waals surface area contributed by atoms with Gasteiger partial charge in [0.1, 0.15) is 5.82 Å². The molecule has 29 heavy (non-hydrogen) atoms. The number of anilines is 1. The predicted octanol–water partition coefficient (Wildman–Crippen LogP) is 6.57. The molecule has 0 heterocycles. The van der Waals surface area contributed by atoms with E-state index in [-0.39, 0.29) is 5.82 Å². The monoisotopic (exact) mass is 395 g/mol. The van der Waals surface area contributed by atoms with Crippen molar-refractivity contribution < 1.29 is 14.3 Å². The van der Waals surface area contributed by atoms with Crippen molar-refractivity contribution in [2.75, 3.05) is 5.32 Å². The second-order valence-electron chi connectivity index (χ2n) is 8.24. The van der Waals surface area contributed by atoms with Crippen LogP contribution in [0.1, 0.15) is 60.4 Å². The van der Waals surface area contributed by atoms with Crippen LogP contribution in [0.3, 0.4) is 0 Å². The van der Waals surface area contributed by atoms with Crippen molar-refractivity contribution in [3.63, 3.8) is 0 Å².